The average molecular weight is 361 g/mol. The summed E-state index contributed by atoms with van der Waals surface area (Å²) in [6, 6.07) is 6.84. The second-order valence-electron chi connectivity index (χ2n) is 3.47. The van der Waals surface area contributed by atoms with Crippen LogP contribution in [-0.4, -0.2) is 10.1 Å². The van der Waals surface area contributed by atoms with Gasteiger partial charge in [-0.05, 0) is 24.3 Å². The third-order valence-electron chi connectivity index (χ3n) is 2.35. The molecule has 1 unspecified atom stereocenters. The quantitative estimate of drug-likeness (QED) is 0.882. The average Bonchev–Trinajstić information content (AvgIpc) is 2.32. The fraction of sp³-hybridized carbons (Fsp3) is 0.0833. The molecule has 0 aliphatic carbocycles. The minimum atomic E-state index is -1.02. The van der Waals surface area contributed by atoms with E-state index in [0.29, 0.717) is 5.56 Å². The van der Waals surface area contributed by atoms with Gasteiger partial charge in [0.1, 0.15) is 11.9 Å². The topological polar surface area (TPSA) is 33.1 Å². The number of halogens is 3. The Balaban J connectivity index is 2.47. The molecule has 0 spiro atoms. The number of rotatable bonds is 2. The Morgan fingerprint density at radius 1 is 1.18 bits per heavy atom. The Labute approximate surface area is 115 Å². The van der Waals surface area contributed by atoms with Crippen molar-refractivity contribution in [1.82, 2.24) is 4.98 Å². The number of aliphatic hydroxyl groups excluding tert-OH is 1. The van der Waals surface area contributed by atoms with Crippen LogP contribution in [0.3, 0.4) is 0 Å². The molecule has 0 aliphatic rings. The molecule has 1 atom stereocenters. The van der Waals surface area contributed by atoms with E-state index in [0.717, 1.165) is 15.1 Å². The van der Waals surface area contributed by atoms with E-state index < -0.39 is 11.9 Å². The SMILES string of the molecule is OC(c1ccncc1F)c1cc(Br)ccc1Br. The summed E-state index contributed by atoms with van der Waals surface area (Å²) in [4.78, 5) is 3.65. The van der Waals surface area contributed by atoms with E-state index in [1.807, 2.05) is 6.07 Å². The zero-order valence-electron chi connectivity index (χ0n) is 8.57. The van der Waals surface area contributed by atoms with Crippen LogP contribution < -0.4 is 0 Å². The summed E-state index contributed by atoms with van der Waals surface area (Å²) in [7, 11) is 0. The van der Waals surface area contributed by atoms with Crippen LogP contribution in [0.2, 0.25) is 0 Å². The minimum Gasteiger partial charge on any atom is -0.384 e. The molecule has 0 radical (unpaired) electrons. The molecule has 1 heterocycles. The van der Waals surface area contributed by atoms with Crippen molar-refractivity contribution in [3.8, 4) is 0 Å². The van der Waals surface area contributed by atoms with E-state index in [1.165, 1.54) is 12.3 Å². The number of pyridine rings is 1. The van der Waals surface area contributed by atoms with Crippen molar-refractivity contribution in [2.45, 2.75) is 6.10 Å². The highest BCUT2D eigenvalue weighted by Gasteiger charge is 2.17. The van der Waals surface area contributed by atoms with Gasteiger partial charge < -0.3 is 5.11 Å². The van der Waals surface area contributed by atoms with Gasteiger partial charge in [-0.15, -0.1) is 0 Å². The summed E-state index contributed by atoms with van der Waals surface area (Å²) < 4.78 is 15.1. The van der Waals surface area contributed by atoms with Gasteiger partial charge in [0.2, 0.25) is 0 Å². The van der Waals surface area contributed by atoms with Crippen molar-refractivity contribution < 1.29 is 9.50 Å². The monoisotopic (exact) mass is 359 g/mol. The molecular formula is C12H8Br2FNO. The van der Waals surface area contributed by atoms with E-state index in [9.17, 15) is 9.50 Å². The van der Waals surface area contributed by atoms with Gasteiger partial charge in [-0.2, -0.15) is 0 Å². The van der Waals surface area contributed by atoms with Crippen LogP contribution in [0.15, 0.2) is 45.6 Å². The van der Waals surface area contributed by atoms with Gasteiger partial charge in [-0.3, -0.25) is 4.98 Å². The number of aliphatic hydroxyl groups is 1. The highest BCUT2D eigenvalue weighted by molar-refractivity contribution is 9.11. The number of hydrogen-bond donors (Lipinski definition) is 1. The van der Waals surface area contributed by atoms with Crippen molar-refractivity contribution in [3.63, 3.8) is 0 Å². The van der Waals surface area contributed by atoms with E-state index in [1.54, 1.807) is 12.1 Å². The van der Waals surface area contributed by atoms with Gasteiger partial charge in [0.15, 0.2) is 0 Å². The third kappa shape index (κ3) is 2.73. The first-order chi connectivity index (χ1) is 8.09. The van der Waals surface area contributed by atoms with Gasteiger partial charge >= 0.3 is 0 Å². The summed E-state index contributed by atoms with van der Waals surface area (Å²) in [6.45, 7) is 0. The number of nitrogens with zero attached hydrogens (tertiary/aromatic N) is 1. The maximum absolute atomic E-state index is 13.5. The molecule has 1 N–H and O–H groups in total. The normalized spacial score (nSPS) is 12.5. The first-order valence-electron chi connectivity index (χ1n) is 4.82. The van der Waals surface area contributed by atoms with E-state index in [4.69, 9.17) is 0 Å². The van der Waals surface area contributed by atoms with Gasteiger partial charge in [0, 0.05) is 26.3 Å². The zero-order valence-corrected chi connectivity index (χ0v) is 11.7. The molecule has 1 aromatic carbocycles. The summed E-state index contributed by atoms with van der Waals surface area (Å²) in [5, 5.41) is 10.2. The molecule has 0 saturated carbocycles. The first-order valence-corrected chi connectivity index (χ1v) is 6.40. The van der Waals surface area contributed by atoms with Crippen LogP contribution in [0.1, 0.15) is 17.2 Å². The van der Waals surface area contributed by atoms with Crippen molar-refractivity contribution >= 4 is 31.9 Å². The standard InChI is InChI=1S/C12H8Br2FNO/c13-7-1-2-10(14)9(5-7)12(17)8-3-4-16-6-11(8)15/h1-6,12,17H. The molecule has 5 heteroatoms. The Bertz CT molecular complexity index is 548. The Morgan fingerprint density at radius 3 is 2.65 bits per heavy atom. The first kappa shape index (κ1) is 12.7. The maximum atomic E-state index is 13.5. The summed E-state index contributed by atoms with van der Waals surface area (Å²) >= 11 is 6.65. The lowest BCUT2D eigenvalue weighted by atomic mass is 10.0. The van der Waals surface area contributed by atoms with E-state index in [-0.39, 0.29) is 5.56 Å². The molecule has 0 fully saturated rings. The molecule has 88 valence electrons. The molecule has 1 aromatic heterocycles. The van der Waals surface area contributed by atoms with Crippen LogP contribution in [0.5, 0.6) is 0 Å². The summed E-state index contributed by atoms with van der Waals surface area (Å²) in [6.07, 6.45) is 1.52. The van der Waals surface area contributed by atoms with Crippen molar-refractivity contribution in [2.75, 3.05) is 0 Å². The van der Waals surface area contributed by atoms with Crippen molar-refractivity contribution in [3.05, 3.63) is 62.5 Å². The molecule has 0 amide bonds. The second-order valence-corrected chi connectivity index (χ2v) is 5.24. The third-order valence-corrected chi connectivity index (χ3v) is 3.57. The molecule has 2 rings (SSSR count). The molecule has 17 heavy (non-hydrogen) atoms. The second kappa shape index (κ2) is 5.25. The summed E-state index contributed by atoms with van der Waals surface area (Å²) in [5.41, 5.74) is 0.809. The molecule has 0 aliphatic heterocycles. The molecule has 0 bridgehead atoms. The van der Waals surface area contributed by atoms with E-state index in [2.05, 4.69) is 36.8 Å². The minimum absolute atomic E-state index is 0.207. The van der Waals surface area contributed by atoms with E-state index >= 15 is 0 Å². The van der Waals surface area contributed by atoms with Gasteiger partial charge in [-0.25, -0.2) is 4.39 Å². The molecular weight excluding hydrogens is 353 g/mol. The van der Waals surface area contributed by atoms with Crippen LogP contribution in [0, 0.1) is 5.82 Å². The molecule has 2 nitrogen and oxygen atoms in total. The predicted molar refractivity (Wildman–Crippen MR) is 70.1 cm³/mol. The largest absolute Gasteiger partial charge is 0.384 e. The lowest BCUT2D eigenvalue weighted by Crippen LogP contribution is -2.03. The van der Waals surface area contributed by atoms with Gasteiger partial charge in [-0.1, -0.05) is 31.9 Å². The zero-order chi connectivity index (χ0) is 12.4. The Hall–Kier alpha value is -0.780. The molecule has 0 saturated heterocycles. The fourth-order valence-corrected chi connectivity index (χ4v) is 2.34. The number of aromatic nitrogens is 1. The van der Waals surface area contributed by atoms with Crippen LogP contribution in [0.4, 0.5) is 4.39 Å². The smallest absolute Gasteiger partial charge is 0.147 e. The van der Waals surface area contributed by atoms with Crippen LogP contribution in [0.25, 0.3) is 0 Å². The van der Waals surface area contributed by atoms with Gasteiger partial charge in [0.25, 0.3) is 0 Å². The predicted octanol–water partition coefficient (Wildman–Crippen LogP) is 3.83. The lowest BCUT2D eigenvalue weighted by molar-refractivity contribution is 0.214. The lowest BCUT2D eigenvalue weighted by Gasteiger charge is -2.14. The Morgan fingerprint density at radius 2 is 1.94 bits per heavy atom. The van der Waals surface area contributed by atoms with Crippen LogP contribution in [-0.2, 0) is 0 Å². The Kier molecular flexibility index (Phi) is 3.91. The van der Waals surface area contributed by atoms with Crippen molar-refractivity contribution in [1.29, 1.82) is 0 Å². The number of benzene rings is 1. The highest BCUT2D eigenvalue weighted by atomic mass is 79.9. The van der Waals surface area contributed by atoms with Crippen LogP contribution >= 0.6 is 31.9 Å². The number of hydrogen-bond acceptors (Lipinski definition) is 2. The van der Waals surface area contributed by atoms with Gasteiger partial charge in [0.05, 0.1) is 6.20 Å². The summed E-state index contributed by atoms with van der Waals surface area (Å²) in [5.74, 6) is -0.521. The van der Waals surface area contributed by atoms with Crippen molar-refractivity contribution in [2.24, 2.45) is 0 Å². The fourth-order valence-electron chi connectivity index (χ4n) is 1.50. The molecule has 2 aromatic rings. The maximum Gasteiger partial charge on any atom is 0.147 e. The highest BCUT2D eigenvalue weighted by Crippen LogP contribution is 2.31.